The molecule has 1 aliphatic rings. The quantitative estimate of drug-likeness (QED) is 0.889. The van der Waals surface area contributed by atoms with E-state index in [2.05, 4.69) is 11.8 Å². The van der Waals surface area contributed by atoms with Gasteiger partial charge in [0, 0.05) is 13.7 Å². The second kappa shape index (κ2) is 5.12. The van der Waals surface area contributed by atoms with E-state index in [1.165, 1.54) is 12.3 Å². The van der Waals surface area contributed by atoms with Crippen LogP contribution >= 0.6 is 0 Å². The van der Waals surface area contributed by atoms with Crippen LogP contribution in [0.25, 0.3) is 0 Å². The molecule has 0 radical (unpaired) electrons. The standard InChI is InChI=1S/C13H19NO4/c1-13(17-2)5-3-6-14(9-13)8-11-10(12(15)16)4-7-18-11/h4,7H,3,5-6,8-9H2,1-2H3,(H,15,16). The van der Waals surface area contributed by atoms with Crippen LogP contribution in [0.15, 0.2) is 16.7 Å². The number of piperidine rings is 1. The fraction of sp³-hybridized carbons (Fsp3) is 0.615. The fourth-order valence-corrected chi connectivity index (χ4v) is 2.47. The lowest BCUT2D eigenvalue weighted by molar-refractivity contribution is -0.0539. The number of furan rings is 1. The summed E-state index contributed by atoms with van der Waals surface area (Å²) in [5.74, 6) is -0.423. The van der Waals surface area contributed by atoms with Crippen LogP contribution in [0.1, 0.15) is 35.9 Å². The molecule has 100 valence electrons. The number of ether oxygens (including phenoxy) is 1. The number of rotatable bonds is 4. The van der Waals surface area contributed by atoms with Gasteiger partial charge in [-0.1, -0.05) is 0 Å². The average Bonchev–Trinajstić information content (AvgIpc) is 2.77. The van der Waals surface area contributed by atoms with Crippen molar-refractivity contribution in [2.45, 2.75) is 31.9 Å². The molecule has 0 aliphatic carbocycles. The van der Waals surface area contributed by atoms with Crippen LogP contribution in [0.2, 0.25) is 0 Å². The maximum Gasteiger partial charge on any atom is 0.339 e. The third-order valence-corrected chi connectivity index (χ3v) is 3.57. The lowest BCUT2D eigenvalue weighted by Gasteiger charge is -2.39. The fourth-order valence-electron chi connectivity index (χ4n) is 2.47. The maximum absolute atomic E-state index is 11.0. The lowest BCUT2D eigenvalue weighted by Crippen LogP contribution is -2.46. The van der Waals surface area contributed by atoms with Gasteiger partial charge in [-0.05, 0) is 32.4 Å². The van der Waals surface area contributed by atoms with Crippen molar-refractivity contribution in [2.75, 3.05) is 20.2 Å². The zero-order valence-corrected chi connectivity index (χ0v) is 10.8. The Morgan fingerprint density at radius 1 is 1.67 bits per heavy atom. The summed E-state index contributed by atoms with van der Waals surface area (Å²) in [6, 6.07) is 1.50. The number of carboxylic acid groups (broad SMARTS) is 1. The molecular weight excluding hydrogens is 234 g/mol. The molecule has 1 unspecified atom stereocenters. The minimum atomic E-state index is -0.940. The molecule has 18 heavy (non-hydrogen) atoms. The lowest BCUT2D eigenvalue weighted by atomic mass is 9.94. The van der Waals surface area contributed by atoms with E-state index in [4.69, 9.17) is 14.3 Å². The van der Waals surface area contributed by atoms with Gasteiger partial charge in [0.15, 0.2) is 0 Å². The highest BCUT2D eigenvalue weighted by molar-refractivity contribution is 5.88. The van der Waals surface area contributed by atoms with E-state index in [9.17, 15) is 4.79 Å². The van der Waals surface area contributed by atoms with Crippen molar-refractivity contribution in [1.82, 2.24) is 4.90 Å². The Labute approximate surface area is 106 Å². The molecule has 5 heteroatoms. The van der Waals surface area contributed by atoms with Gasteiger partial charge in [0.1, 0.15) is 11.3 Å². The molecule has 5 nitrogen and oxygen atoms in total. The first-order chi connectivity index (χ1) is 8.54. The van der Waals surface area contributed by atoms with Crippen molar-refractivity contribution < 1.29 is 19.1 Å². The van der Waals surface area contributed by atoms with Gasteiger partial charge < -0.3 is 14.3 Å². The number of aromatic carboxylic acids is 1. The second-order valence-corrected chi connectivity index (χ2v) is 5.03. The van der Waals surface area contributed by atoms with Crippen molar-refractivity contribution >= 4 is 5.97 Å². The van der Waals surface area contributed by atoms with Crippen LogP contribution in [0.4, 0.5) is 0 Å². The Morgan fingerprint density at radius 2 is 2.44 bits per heavy atom. The van der Waals surface area contributed by atoms with E-state index in [0.717, 1.165) is 25.9 Å². The molecule has 1 aliphatic heterocycles. The summed E-state index contributed by atoms with van der Waals surface area (Å²) in [6.45, 7) is 4.34. The van der Waals surface area contributed by atoms with Crippen molar-refractivity contribution in [3.05, 3.63) is 23.7 Å². The smallest absolute Gasteiger partial charge is 0.339 e. The van der Waals surface area contributed by atoms with Crippen LogP contribution in [0, 0.1) is 0 Å². The van der Waals surface area contributed by atoms with Gasteiger partial charge in [0.05, 0.1) is 18.4 Å². The largest absolute Gasteiger partial charge is 0.478 e. The van der Waals surface area contributed by atoms with E-state index in [0.29, 0.717) is 12.3 Å². The summed E-state index contributed by atoms with van der Waals surface area (Å²) >= 11 is 0. The SMILES string of the molecule is COC1(C)CCCN(Cc2occc2C(=O)O)C1. The average molecular weight is 253 g/mol. The van der Waals surface area contributed by atoms with E-state index in [-0.39, 0.29) is 11.2 Å². The molecule has 0 saturated carbocycles. The Balaban J connectivity index is 2.05. The Kier molecular flexibility index (Phi) is 3.73. The number of carbonyl (C=O) groups is 1. The van der Waals surface area contributed by atoms with Gasteiger partial charge in [-0.3, -0.25) is 4.90 Å². The molecular formula is C13H19NO4. The van der Waals surface area contributed by atoms with Crippen molar-refractivity contribution in [3.8, 4) is 0 Å². The van der Waals surface area contributed by atoms with Crippen molar-refractivity contribution in [2.24, 2.45) is 0 Å². The molecule has 1 atom stereocenters. The molecule has 0 aromatic carbocycles. The molecule has 0 amide bonds. The topological polar surface area (TPSA) is 62.9 Å². The number of carboxylic acids is 1. The molecule has 1 fully saturated rings. The summed E-state index contributed by atoms with van der Waals surface area (Å²) in [7, 11) is 1.72. The van der Waals surface area contributed by atoms with Crippen LogP contribution in [0.5, 0.6) is 0 Å². The number of methoxy groups -OCH3 is 1. The van der Waals surface area contributed by atoms with Gasteiger partial charge in [0.2, 0.25) is 0 Å². The summed E-state index contributed by atoms with van der Waals surface area (Å²) < 4.78 is 10.8. The Morgan fingerprint density at radius 3 is 3.11 bits per heavy atom. The van der Waals surface area contributed by atoms with E-state index >= 15 is 0 Å². The van der Waals surface area contributed by atoms with E-state index in [1.54, 1.807) is 7.11 Å². The van der Waals surface area contributed by atoms with E-state index < -0.39 is 5.97 Å². The third-order valence-electron chi connectivity index (χ3n) is 3.57. The Bertz CT molecular complexity index is 428. The first-order valence-corrected chi connectivity index (χ1v) is 6.11. The first kappa shape index (κ1) is 13.1. The van der Waals surface area contributed by atoms with Gasteiger partial charge in [-0.2, -0.15) is 0 Å². The van der Waals surface area contributed by atoms with Gasteiger partial charge in [-0.15, -0.1) is 0 Å². The molecule has 0 spiro atoms. The predicted molar refractivity (Wildman–Crippen MR) is 65.6 cm³/mol. The normalized spacial score (nSPS) is 25.2. The summed E-state index contributed by atoms with van der Waals surface area (Å²) in [4.78, 5) is 13.2. The highest BCUT2D eigenvalue weighted by Crippen LogP contribution is 2.25. The molecule has 1 N–H and O–H groups in total. The van der Waals surface area contributed by atoms with Crippen LogP contribution in [-0.4, -0.2) is 41.8 Å². The number of hydrogen-bond acceptors (Lipinski definition) is 4. The van der Waals surface area contributed by atoms with Crippen LogP contribution < -0.4 is 0 Å². The molecule has 2 rings (SSSR count). The predicted octanol–water partition coefficient (Wildman–Crippen LogP) is 1.98. The maximum atomic E-state index is 11.0. The number of nitrogens with zero attached hydrogens (tertiary/aromatic N) is 1. The molecule has 1 saturated heterocycles. The second-order valence-electron chi connectivity index (χ2n) is 5.03. The summed E-state index contributed by atoms with van der Waals surface area (Å²) in [5, 5.41) is 9.03. The molecule has 1 aromatic rings. The van der Waals surface area contributed by atoms with Crippen molar-refractivity contribution in [1.29, 1.82) is 0 Å². The monoisotopic (exact) mass is 253 g/mol. The van der Waals surface area contributed by atoms with Gasteiger partial charge in [0.25, 0.3) is 0 Å². The van der Waals surface area contributed by atoms with Crippen LogP contribution in [-0.2, 0) is 11.3 Å². The minimum absolute atomic E-state index is 0.145. The van der Waals surface area contributed by atoms with Crippen LogP contribution in [0.3, 0.4) is 0 Å². The van der Waals surface area contributed by atoms with E-state index in [1.807, 2.05) is 0 Å². The zero-order chi connectivity index (χ0) is 13.2. The molecule has 2 heterocycles. The van der Waals surface area contributed by atoms with Crippen molar-refractivity contribution in [3.63, 3.8) is 0 Å². The highest BCUT2D eigenvalue weighted by Gasteiger charge is 2.31. The Hall–Kier alpha value is -1.33. The minimum Gasteiger partial charge on any atom is -0.478 e. The third kappa shape index (κ3) is 2.73. The number of hydrogen-bond donors (Lipinski definition) is 1. The zero-order valence-electron chi connectivity index (χ0n) is 10.8. The van der Waals surface area contributed by atoms with Gasteiger partial charge >= 0.3 is 5.97 Å². The summed E-state index contributed by atoms with van der Waals surface area (Å²) in [5.41, 5.74) is 0.105. The molecule has 0 bridgehead atoms. The summed E-state index contributed by atoms with van der Waals surface area (Å²) in [6.07, 6.45) is 3.51. The number of likely N-dealkylation sites (tertiary alicyclic amines) is 1. The molecule has 1 aromatic heterocycles. The van der Waals surface area contributed by atoms with Gasteiger partial charge in [-0.25, -0.2) is 4.79 Å². The highest BCUT2D eigenvalue weighted by atomic mass is 16.5. The first-order valence-electron chi connectivity index (χ1n) is 6.11.